The van der Waals surface area contributed by atoms with E-state index in [9.17, 15) is 5.11 Å². The molecule has 3 nitrogen and oxygen atoms in total. The number of pyridine rings is 1. The normalized spacial score (nSPS) is 23.0. The van der Waals surface area contributed by atoms with Gasteiger partial charge in [-0.15, -0.1) is 0 Å². The van der Waals surface area contributed by atoms with Gasteiger partial charge in [-0.25, -0.2) is 0 Å². The molecular weight excluding hydrogens is 517 g/mol. The van der Waals surface area contributed by atoms with E-state index < -0.39 is 14.2 Å². The summed E-state index contributed by atoms with van der Waals surface area (Å²) < 4.78 is 0. The lowest BCUT2D eigenvalue weighted by atomic mass is 9.72. The highest BCUT2D eigenvalue weighted by Gasteiger charge is 2.45. The van der Waals surface area contributed by atoms with Gasteiger partial charge in [0.15, 0.2) is 0 Å². The first kappa shape index (κ1) is 26.3. The molecule has 3 fully saturated rings. The van der Waals surface area contributed by atoms with Crippen molar-refractivity contribution in [1.82, 2.24) is 9.88 Å². The topological polar surface area (TPSA) is 36.4 Å². The Morgan fingerprint density at radius 2 is 1.34 bits per heavy atom. The first-order valence-electron chi connectivity index (χ1n) is 15.2. The van der Waals surface area contributed by atoms with E-state index in [-0.39, 0.29) is 6.04 Å². The highest BCUT2D eigenvalue weighted by atomic mass is 28.3. The lowest BCUT2D eigenvalue weighted by Crippen LogP contribution is -2.67. The standard InChI is InChI=1S/C37H38N2OSi/c40-37(34-20-23-38-35-19-11-10-18-33(34)35)36-26-28-21-24-39(36)27-29(28)22-25-41(30-12-4-1-5-13-30,31-14-6-2-7-15-31)32-16-8-3-9-17-32/h1-20,23,28-29,36-37,40H,21-22,24-27H2/t28-,29-,36+,37+/m0/s1. The lowest BCUT2D eigenvalue weighted by Gasteiger charge is -2.52. The predicted octanol–water partition coefficient (Wildman–Crippen LogP) is 5.54. The zero-order valence-corrected chi connectivity index (χ0v) is 24.5. The third kappa shape index (κ3) is 4.84. The van der Waals surface area contributed by atoms with Gasteiger partial charge in [-0.3, -0.25) is 9.88 Å². The number of hydrogen-bond acceptors (Lipinski definition) is 3. The minimum Gasteiger partial charge on any atom is -0.387 e. The maximum absolute atomic E-state index is 11.7. The van der Waals surface area contributed by atoms with Gasteiger partial charge in [-0.2, -0.15) is 0 Å². The molecule has 1 aromatic heterocycles. The Bertz CT molecular complexity index is 1490. The van der Waals surface area contributed by atoms with Crippen LogP contribution >= 0.6 is 0 Å². The second-order valence-corrected chi connectivity index (χ2v) is 16.1. The summed E-state index contributed by atoms with van der Waals surface area (Å²) in [6.45, 7) is 2.17. The number of benzene rings is 4. The first-order chi connectivity index (χ1) is 20.2. The smallest absolute Gasteiger partial charge is 0.148 e. The van der Waals surface area contributed by atoms with Crippen LogP contribution in [-0.2, 0) is 0 Å². The third-order valence-corrected chi connectivity index (χ3v) is 15.0. The van der Waals surface area contributed by atoms with Crippen molar-refractivity contribution in [2.75, 3.05) is 13.1 Å². The van der Waals surface area contributed by atoms with Crippen LogP contribution in [0, 0.1) is 11.8 Å². The van der Waals surface area contributed by atoms with Crippen LogP contribution in [0.3, 0.4) is 0 Å². The number of rotatable bonds is 8. The molecule has 206 valence electrons. The van der Waals surface area contributed by atoms with Crippen molar-refractivity contribution >= 4 is 34.5 Å². The predicted molar refractivity (Wildman–Crippen MR) is 172 cm³/mol. The van der Waals surface area contributed by atoms with Crippen molar-refractivity contribution in [3.8, 4) is 0 Å². The molecule has 3 saturated heterocycles. The second-order valence-electron chi connectivity index (χ2n) is 12.0. The van der Waals surface area contributed by atoms with E-state index in [4.69, 9.17) is 0 Å². The molecule has 0 spiro atoms. The largest absolute Gasteiger partial charge is 0.387 e. The summed E-state index contributed by atoms with van der Waals surface area (Å²) in [7, 11) is -2.23. The fraction of sp³-hybridized carbons (Fsp3) is 0.270. The maximum Gasteiger partial charge on any atom is 0.148 e. The summed E-state index contributed by atoms with van der Waals surface area (Å²) in [5.74, 6) is 1.31. The fourth-order valence-electron chi connectivity index (χ4n) is 7.92. The Kier molecular flexibility index (Phi) is 7.30. The van der Waals surface area contributed by atoms with Crippen LogP contribution < -0.4 is 15.6 Å². The molecule has 1 unspecified atom stereocenters. The van der Waals surface area contributed by atoms with E-state index >= 15 is 0 Å². The van der Waals surface area contributed by atoms with E-state index in [1.54, 1.807) is 0 Å². The summed E-state index contributed by atoms with van der Waals surface area (Å²) in [5, 5.41) is 17.3. The van der Waals surface area contributed by atoms with Gasteiger partial charge in [-0.1, -0.05) is 116 Å². The Labute approximate surface area is 244 Å². The molecule has 4 heteroatoms. The summed E-state index contributed by atoms with van der Waals surface area (Å²) in [6, 6.07) is 45.5. The van der Waals surface area contributed by atoms with Gasteiger partial charge in [0.2, 0.25) is 0 Å². The van der Waals surface area contributed by atoms with E-state index in [1.807, 2.05) is 30.5 Å². The Balaban J connectivity index is 1.17. The summed E-state index contributed by atoms with van der Waals surface area (Å²) in [5.41, 5.74) is 1.98. The van der Waals surface area contributed by atoms with Gasteiger partial charge in [0.25, 0.3) is 0 Å². The molecule has 8 rings (SSSR count). The van der Waals surface area contributed by atoms with E-state index in [1.165, 1.54) is 34.4 Å². The van der Waals surface area contributed by atoms with Crippen LogP contribution in [0.15, 0.2) is 128 Å². The minimum absolute atomic E-state index is 0.176. The molecular formula is C37H38N2OSi. The molecule has 2 bridgehead atoms. The number of aromatic nitrogens is 1. The molecule has 41 heavy (non-hydrogen) atoms. The van der Waals surface area contributed by atoms with Gasteiger partial charge in [0.1, 0.15) is 8.07 Å². The lowest BCUT2D eigenvalue weighted by molar-refractivity contribution is -0.0562. The van der Waals surface area contributed by atoms with Crippen LogP contribution in [0.2, 0.25) is 6.04 Å². The monoisotopic (exact) mass is 554 g/mol. The zero-order valence-electron chi connectivity index (χ0n) is 23.5. The number of fused-ring (bicyclic) bond motifs is 4. The molecule has 0 amide bonds. The molecule has 1 N–H and O–H groups in total. The second kappa shape index (κ2) is 11.4. The van der Waals surface area contributed by atoms with Gasteiger partial charge in [0.05, 0.1) is 11.6 Å². The molecule has 4 heterocycles. The quantitative estimate of drug-likeness (QED) is 0.202. The fourth-order valence-corrected chi connectivity index (χ4v) is 12.9. The Morgan fingerprint density at radius 3 is 1.93 bits per heavy atom. The molecule has 3 aliphatic heterocycles. The van der Waals surface area contributed by atoms with Crippen molar-refractivity contribution in [2.24, 2.45) is 11.8 Å². The maximum atomic E-state index is 11.7. The number of aliphatic hydroxyl groups is 1. The molecule has 0 saturated carbocycles. The third-order valence-electron chi connectivity index (χ3n) is 9.99. The molecule has 4 aromatic carbocycles. The van der Waals surface area contributed by atoms with Gasteiger partial charge >= 0.3 is 0 Å². The molecule has 5 atom stereocenters. The van der Waals surface area contributed by atoms with Crippen molar-refractivity contribution < 1.29 is 5.11 Å². The van der Waals surface area contributed by atoms with E-state index in [0.29, 0.717) is 11.8 Å². The number of aliphatic hydroxyl groups excluding tert-OH is 1. The van der Waals surface area contributed by atoms with Crippen molar-refractivity contribution in [3.05, 3.63) is 133 Å². The first-order valence-corrected chi connectivity index (χ1v) is 17.4. The van der Waals surface area contributed by atoms with Crippen molar-refractivity contribution in [2.45, 2.75) is 37.5 Å². The number of nitrogens with zero attached hydrogens (tertiary/aromatic N) is 2. The van der Waals surface area contributed by atoms with Gasteiger partial charge in [-0.05, 0) is 70.5 Å². The molecule has 5 aromatic rings. The highest BCUT2D eigenvalue weighted by Crippen LogP contribution is 2.43. The number of para-hydroxylation sites is 1. The Morgan fingerprint density at radius 1 is 0.756 bits per heavy atom. The van der Waals surface area contributed by atoms with Crippen LogP contribution in [0.25, 0.3) is 10.9 Å². The zero-order chi connectivity index (χ0) is 27.6. The molecule has 0 radical (unpaired) electrons. The van der Waals surface area contributed by atoms with Gasteiger partial charge in [0, 0.05) is 24.2 Å². The van der Waals surface area contributed by atoms with E-state index in [2.05, 4.69) is 107 Å². The average molecular weight is 555 g/mol. The van der Waals surface area contributed by atoms with E-state index in [0.717, 1.165) is 36.0 Å². The van der Waals surface area contributed by atoms with Crippen LogP contribution in [0.5, 0.6) is 0 Å². The van der Waals surface area contributed by atoms with Crippen LogP contribution in [0.1, 0.15) is 30.9 Å². The molecule has 3 aliphatic rings. The van der Waals surface area contributed by atoms with Crippen LogP contribution in [-0.4, -0.2) is 42.2 Å². The summed E-state index contributed by atoms with van der Waals surface area (Å²) in [6.07, 6.45) is 4.88. The van der Waals surface area contributed by atoms with Crippen molar-refractivity contribution in [3.63, 3.8) is 0 Å². The SMILES string of the molecule is O[C@H](c1ccnc2ccccc12)[C@H]1C[C@@H]2CCN1C[C@@H]2CC[Si](c1ccccc1)(c1ccccc1)c1ccccc1. The highest BCUT2D eigenvalue weighted by molar-refractivity contribution is 7.11. The number of piperidine rings is 3. The summed E-state index contributed by atoms with van der Waals surface area (Å²) >= 11 is 0. The summed E-state index contributed by atoms with van der Waals surface area (Å²) in [4.78, 5) is 7.13. The van der Waals surface area contributed by atoms with Crippen molar-refractivity contribution in [1.29, 1.82) is 0 Å². The van der Waals surface area contributed by atoms with Gasteiger partial charge < -0.3 is 5.11 Å². The molecule has 0 aliphatic carbocycles. The minimum atomic E-state index is -2.23. The Hall–Kier alpha value is -3.57. The average Bonchev–Trinajstić information content (AvgIpc) is 3.06. The van der Waals surface area contributed by atoms with Crippen LogP contribution in [0.4, 0.5) is 0 Å². The number of hydrogen-bond donors (Lipinski definition) is 1.